The van der Waals surface area contributed by atoms with Crippen molar-refractivity contribution >= 4 is 17.8 Å². The normalized spacial score (nSPS) is 22.5. The van der Waals surface area contributed by atoms with Crippen LogP contribution in [0.4, 0.5) is 4.79 Å². The van der Waals surface area contributed by atoms with Crippen LogP contribution in [-0.2, 0) is 16.0 Å². The number of rotatable bonds is 7. The van der Waals surface area contributed by atoms with E-state index in [1.807, 2.05) is 18.2 Å². The van der Waals surface area contributed by atoms with Crippen LogP contribution in [0.2, 0.25) is 0 Å². The van der Waals surface area contributed by atoms with Crippen LogP contribution in [-0.4, -0.2) is 41.9 Å². The second-order valence-electron chi connectivity index (χ2n) is 6.77. The van der Waals surface area contributed by atoms with E-state index in [0.717, 1.165) is 32.1 Å². The lowest BCUT2D eigenvalue weighted by molar-refractivity contribution is -0.135. The van der Waals surface area contributed by atoms with Gasteiger partial charge in [-0.15, -0.1) is 0 Å². The Morgan fingerprint density at radius 1 is 1.20 bits per heavy atom. The summed E-state index contributed by atoms with van der Waals surface area (Å²) < 4.78 is 0. The molecule has 0 spiro atoms. The van der Waals surface area contributed by atoms with Gasteiger partial charge in [0.25, 0.3) is 0 Å². The highest BCUT2D eigenvalue weighted by atomic mass is 16.2. The Bertz CT molecular complexity index is 632. The zero-order chi connectivity index (χ0) is 17.6. The van der Waals surface area contributed by atoms with Gasteiger partial charge in [0, 0.05) is 25.6 Å². The van der Waals surface area contributed by atoms with Crippen LogP contribution in [0.3, 0.4) is 0 Å². The molecule has 1 aromatic rings. The Morgan fingerprint density at radius 3 is 2.80 bits per heavy atom. The first-order valence-electron chi connectivity index (χ1n) is 9.07. The number of urea groups is 1. The Morgan fingerprint density at radius 2 is 2.00 bits per heavy atom. The first-order valence-corrected chi connectivity index (χ1v) is 9.07. The average Bonchev–Trinajstić information content (AvgIpc) is 3.07. The van der Waals surface area contributed by atoms with E-state index >= 15 is 0 Å². The van der Waals surface area contributed by atoms with Crippen LogP contribution in [0.15, 0.2) is 30.3 Å². The molecule has 2 N–H and O–H groups in total. The van der Waals surface area contributed by atoms with Gasteiger partial charge < -0.3 is 10.6 Å². The lowest BCUT2D eigenvalue weighted by Crippen LogP contribution is -2.59. The van der Waals surface area contributed by atoms with Crippen molar-refractivity contribution in [2.75, 3.05) is 13.1 Å². The smallest absolute Gasteiger partial charge is 0.324 e. The van der Waals surface area contributed by atoms with E-state index in [1.54, 1.807) is 0 Å². The van der Waals surface area contributed by atoms with E-state index in [2.05, 4.69) is 22.8 Å². The van der Waals surface area contributed by atoms with E-state index < -0.39 is 0 Å². The summed E-state index contributed by atoms with van der Waals surface area (Å²) in [7, 11) is 0. The summed E-state index contributed by atoms with van der Waals surface area (Å²) in [5.41, 5.74) is 1.22. The molecule has 1 saturated carbocycles. The van der Waals surface area contributed by atoms with Gasteiger partial charge in [-0.2, -0.15) is 0 Å². The van der Waals surface area contributed by atoms with E-state index in [4.69, 9.17) is 0 Å². The van der Waals surface area contributed by atoms with E-state index in [0.29, 0.717) is 13.0 Å². The van der Waals surface area contributed by atoms with Crippen molar-refractivity contribution in [3.63, 3.8) is 0 Å². The van der Waals surface area contributed by atoms with Crippen LogP contribution in [0.1, 0.15) is 37.7 Å². The van der Waals surface area contributed by atoms with Crippen molar-refractivity contribution in [2.45, 2.75) is 44.6 Å². The third kappa shape index (κ3) is 4.38. The van der Waals surface area contributed by atoms with Crippen molar-refractivity contribution in [3.05, 3.63) is 35.9 Å². The first-order chi connectivity index (χ1) is 12.1. The second kappa shape index (κ2) is 8.14. The van der Waals surface area contributed by atoms with Gasteiger partial charge in [0.1, 0.15) is 0 Å². The van der Waals surface area contributed by atoms with Gasteiger partial charge in [0.15, 0.2) is 0 Å². The maximum Gasteiger partial charge on any atom is 0.324 e. The highest BCUT2D eigenvalue weighted by Crippen LogP contribution is 2.30. The number of fused-ring (bicyclic) bond motifs is 1. The molecule has 6 heteroatoms. The van der Waals surface area contributed by atoms with E-state index in [1.165, 1.54) is 10.5 Å². The number of hydrogen-bond acceptors (Lipinski definition) is 3. The number of hydrogen-bond donors (Lipinski definition) is 2. The highest BCUT2D eigenvalue weighted by Gasteiger charge is 2.43. The first kappa shape index (κ1) is 17.5. The molecule has 3 rings (SSSR count). The fourth-order valence-electron chi connectivity index (χ4n) is 3.67. The van der Waals surface area contributed by atoms with Crippen molar-refractivity contribution in [1.29, 1.82) is 0 Å². The summed E-state index contributed by atoms with van der Waals surface area (Å²) in [6.45, 7) is 0.541. The molecule has 1 saturated heterocycles. The highest BCUT2D eigenvalue weighted by molar-refractivity contribution is 5.98. The van der Waals surface area contributed by atoms with Crippen LogP contribution in [0.5, 0.6) is 0 Å². The molecular formula is C19H25N3O3. The largest absolute Gasteiger partial charge is 0.354 e. The lowest BCUT2D eigenvalue weighted by Gasteiger charge is -2.33. The minimum absolute atomic E-state index is 0.00354. The van der Waals surface area contributed by atoms with Gasteiger partial charge in [0.05, 0.1) is 5.92 Å². The quantitative estimate of drug-likeness (QED) is 0.793. The summed E-state index contributed by atoms with van der Waals surface area (Å²) in [5.74, 6) is -0.219. The van der Waals surface area contributed by atoms with Crippen LogP contribution < -0.4 is 10.6 Å². The number of nitrogens with zero attached hydrogens (tertiary/aromatic N) is 1. The maximum absolute atomic E-state index is 12.4. The van der Waals surface area contributed by atoms with Crippen molar-refractivity contribution in [3.8, 4) is 0 Å². The molecule has 134 valence electrons. The molecule has 25 heavy (non-hydrogen) atoms. The third-order valence-corrected chi connectivity index (χ3v) is 5.02. The molecule has 0 bridgehead atoms. The van der Waals surface area contributed by atoms with Crippen LogP contribution >= 0.6 is 0 Å². The van der Waals surface area contributed by atoms with Crippen molar-refractivity contribution < 1.29 is 14.4 Å². The number of carbonyl (C=O) groups excluding carboxylic acids is 3. The minimum Gasteiger partial charge on any atom is -0.354 e. The predicted molar refractivity (Wildman–Crippen MR) is 93.8 cm³/mol. The van der Waals surface area contributed by atoms with Gasteiger partial charge in [-0.05, 0) is 31.2 Å². The molecule has 4 amide bonds. The van der Waals surface area contributed by atoms with Gasteiger partial charge in [-0.25, -0.2) is 4.79 Å². The van der Waals surface area contributed by atoms with Gasteiger partial charge >= 0.3 is 6.03 Å². The van der Waals surface area contributed by atoms with Gasteiger partial charge in [0.2, 0.25) is 11.8 Å². The molecule has 1 aliphatic heterocycles. The van der Waals surface area contributed by atoms with Crippen LogP contribution in [0, 0.1) is 5.92 Å². The average molecular weight is 343 g/mol. The molecule has 0 radical (unpaired) electrons. The molecule has 2 atom stereocenters. The zero-order valence-electron chi connectivity index (χ0n) is 14.4. The number of benzene rings is 1. The van der Waals surface area contributed by atoms with E-state index in [-0.39, 0.29) is 36.3 Å². The second-order valence-corrected chi connectivity index (χ2v) is 6.77. The fraction of sp³-hybridized carbons (Fsp3) is 0.526. The number of amides is 4. The predicted octanol–water partition coefficient (Wildman–Crippen LogP) is 1.85. The lowest BCUT2D eigenvalue weighted by atomic mass is 10.00. The molecule has 1 aliphatic carbocycles. The van der Waals surface area contributed by atoms with Gasteiger partial charge in [-0.1, -0.05) is 36.8 Å². The summed E-state index contributed by atoms with van der Waals surface area (Å²) in [6, 6.07) is 9.73. The molecule has 0 aromatic heterocycles. The Balaban J connectivity index is 1.36. The van der Waals surface area contributed by atoms with Crippen molar-refractivity contribution in [1.82, 2.24) is 15.5 Å². The SMILES string of the molecule is O=C(CCCc1ccccc1)NCCN1C(=O)N[C@@H]2CCC[C@@H]2C1=O. The topological polar surface area (TPSA) is 78.5 Å². The number of nitrogens with one attached hydrogen (secondary N) is 2. The van der Waals surface area contributed by atoms with Gasteiger partial charge in [-0.3, -0.25) is 14.5 Å². The zero-order valence-corrected chi connectivity index (χ0v) is 14.4. The monoisotopic (exact) mass is 343 g/mol. The van der Waals surface area contributed by atoms with E-state index in [9.17, 15) is 14.4 Å². The molecule has 2 aliphatic rings. The fourth-order valence-corrected chi connectivity index (χ4v) is 3.67. The third-order valence-electron chi connectivity index (χ3n) is 5.02. The summed E-state index contributed by atoms with van der Waals surface area (Å²) in [6.07, 6.45) is 4.79. The van der Waals surface area contributed by atoms with Crippen molar-refractivity contribution in [2.24, 2.45) is 5.92 Å². The number of aryl methyl sites for hydroxylation is 1. The number of imide groups is 1. The minimum atomic E-state index is -0.327. The molecule has 0 unspecified atom stereocenters. The Kier molecular flexibility index (Phi) is 5.68. The molecule has 1 aromatic carbocycles. The standard InChI is InChI=1S/C19H25N3O3/c23-17(11-4-8-14-6-2-1-3-7-14)20-12-13-22-18(24)15-9-5-10-16(15)21-19(22)25/h1-3,6-7,15-16H,4-5,8-13H2,(H,20,23)(H,21,25)/t15-,16+/m0/s1. The maximum atomic E-state index is 12.4. The summed E-state index contributed by atoms with van der Waals surface area (Å²) >= 11 is 0. The molecule has 6 nitrogen and oxygen atoms in total. The molecule has 1 heterocycles. The molecule has 2 fully saturated rings. The molecular weight excluding hydrogens is 318 g/mol. The Labute approximate surface area is 148 Å². The van der Waals surface area contributed by atoms with Crippen LogP contribution in [0.25, 0.3) is 0 Å². The summed E-state index contributed by atoms with van der Waals surface area (Å²) in [5, 5.41) is 5.71. The Hall–Kier alpha value is -2.37. The summed E-state index contributed by atoms with van der Waals surface area (Å²) in [4.78, 5) is 37.6. The number of carbonyl (C=O) groups is 3.